The van der Waals surface area contributed by atoms with Gasteiger partial charge in [0.25, 0.3) is 0 Å². The molecule has 4 heteroatoms. The van der Waals surface area contributed by atoms with E-state index in [4.69, 9.17) is 11.6 Å². The van der Waals surface area contributed by atoms with E-state index in [0.717, 1.165) is 31.1 Å². The highest BCUT2D eigenvalue weighted by Crippen LogP contribution is 2.26. The minimum Gasteiger partial charge on any atom is -0.373 e. The second kappa shape index (κ2) is 8.02. The summed E-state index contributed by atoms with van der Waals surface area (Å²) in [5.41, 5.74) is 2.59. The molecule has 0 aliphatic carbocycles. The second-order valence-electron chi connectivity index (χ2n) is 6.11. The number of hydrogen-bond acceptors (Lipinski definition) is 3. The predicted molar refractivity (Wildman–Crippen MR) is 92.4 cm³/mol. The van der Waals surface area contributed by atoms with Gasteiger partial charge in [-0.3, -0.25) is 0 Å². The maximum absolute atomic E-state index is 6.21. The van der Waals surface area contributed by atoms with Gasteiger partial charge in [0.15, 0.2) is 0 Å². The maximum atomic E-state index is 6.21. The first kappa shape index (κ1) is 16.6. The SMILES string of the molecule is CCCNCc1ccc(Cl)cc1N(C)CC1CCCN1C. The number of rotatable bonds is 7. The summed E-state index contributed by atoms with van der Waals surface area (Å²) in [6.07, 6.45) is 3.77. The van der Waals surface area contributed by atoms with Gasteiger partial charge in [-0.15, -0.1) is 0 Å². The van der Waals surface area contributed by atoms with Crippen molar-refractivity contribution in [3.05, 3.63) is 28.8 Å². The van der Waals surface area contributed by atoms with Crippen LogP contribution in [-0.2, 0) is 6.54 Å². The summed E-state index contributed by atoms with van der Waals surface area (Å²) in [6.45, 7) is 6.44. The van der Waals surface area contributed by atoms with Crippen molar-refractivity contribution in [2.75, 3.05) is 38.6 Å². The zero-order chi connectivity index (χ0) is 15.2. The number of nitrogens with one attached hydrogen (secondary N) is 1. The normalized spacial score (nSPS) is 19.1. The molecule has 1 atom stereocenters. The van der Waals surface area contributed by atoms with Crippen LogP contribution in [0.25, 0.3) is 0 Å². The van der Waals surface area contributed by atoms with E-state index >= 15 is 0 Å². The molecule has 2 rings (SSSR count). The molecule has 1 unspecified atom stereocenters. The highest BCUT2D eigenvalue weighted by Gasteiger charge is 2.22. The van der Waals surface area contributed by atoms with Crippen LogP contribution in [-0.4, -0.2) is 44.7 Å². The molecule has 1 fully saturated rings. The van der Waals surface area contributed by atoms with Crippen LogP contribution in [0.5, 0.6) is 0 Å². The fourth-order valence-electron chi connectivity index (χ4n) is 3.07. The second-order valence-corrected chi connectivity index (χ2v) is 6.54. The average molecular weight is 310 g/mol. The van der Waals surface area contributed by atoms with Crippen LogP contribution in [0.4, 0.5) is 5.69 Å². The van der Waals surface area contributed by atoms with Crippen LogP contribution >= 0.6 is 11.6 Å². The molecule has 0 bridgehead atoms. The third-order valence-electron chi connectivity index (χ3n) is 4.36. The Kier molecular flexibility index (Phi) is 6.34. The van der Waals surface area contributed by atoms with Gasteiger partial charge in [-0.2, -0.15) is 0 Å². The molecule has 21 heavy (non-hydrogen) atoms. The zero-order valence-electron chi connectivity index (χ0n) is 13.5. The van der Waals surface area contributed by atoms with Crippen molar-refractivity contribution in [3.8, 4) is 0 Å². The molecule has 118 valence electrons. The number of likely N-dealkylation sites (N-methyl/N-ethyl adjacent to an activating group) is 2. The number of anilines is 1. The lowest BCUT2D eigenvalue weighted by Crippen LogP contribution is -2.37. The van der Waals surface area contributed by atoms with Gasteiger partial charge in [-0.25, -0.2) is 0 Å². The Bertz CT molecular complexity index is 450. The number of hydrogen-bond donors (Lipinski definition) is 1. The van der Waals surface area contributed by atoms with Crippen molar-refractivity contribution in [1.29, 1.82) is 0 Å². The topological polar surface area (TPSA) is 18.5 Å². The largest absolute Gasteiger partial charge is 0.373 e. The van der Waals surface area contributed by atoms with Gasteiger partial charge < -0.3 is 15.1 Å². The minimum absolute atomic E-state index is 0.658. The van der Waals surface area contributed by atoms with Crippen molar-refractivity contribution in [2.45, 2.75) is 38.8 Å². The average Bonchev–Trinajstić information content (AvgIpc) is 2.86. The molecule has 1 aliphatic rings. The first-order chi connectivity index (χ1) is 10.1. The van der Waals surface area contributed by atoms with E-state index < -0.39 is 0 Å². The molecule has 1 aromatic rings. The van der Waals surface area contributed by atoms with E-state index in [2.05, 4.69) is 48.3 Å². The van der Waals surface area contributed by atoms with Crippen molar-refractivity contribution >= 4 is 17.3 Å². The molecule has 1 aromatic carbocycles. The summed E-state index contributed by atoms with van der Waals surface area (Å²) in [4.78, 5) is 4.83. The third-order valence-corrected chi connectivity index (χ3v) is 4.59. The minimum atomic E-state index is 0.658. The first-order valence-corrected chi connectivity index (χ1v) is 8.40. The smallest absolute Gasteiger partial charge is 0.0426 e. The molecular weight excluding hydrogens is 282 g/mol. The van der Waals surface area contributed by atoms with Crippen LogP contribution in [0.2, 0.25) is 5.02 Å². The summed E-state index contributed by atoms with van der Waals surface area (Å²) in [7, 11) is 4.41. The van der Waals surface area contributed by atoms with Crippen LogP contribution in [0, 0.1) is 0 Å². The van der Waals surface area contributed by atoms with Crippen molar-refractivity contribution < 1.29 is 0 Å². The van der Waals surface area contributed by atoms with Gasteiger partial charge in [0.1, 0.15) is 0 Å². The van der Waals surface area contributed by atoms with Gasteiger partial charge in [0.2, 0.25) is 0 Å². The van der Waals surface area contributed by atoms with Gasteiger partial charge in [-0.05, 0) is 57.1 Å². The lowest BCUT2D eigenvalue weighted by atomic mass is 10.1. The van der Waals surface area contributed by atoms with E-state index in [-0.39, 0.29) is 0 Å². The Morgan fingerprint density at radius 1 is 1.43 bits per heavy atom. The van der Waals surface area contributed by atoms with Gasteiger partial charge in [0, 0.05) is 36.9 Å². The Balaban J connectivity index is 2.06. The molecule has 0 aromatic heterocycles. The third kappa shape index (κ3) is 4.60. The van der Waals surface area contributed by atoms with Crippen LogP contribution < -0.4 is 10.2 Å². The summed E-state index contributed by atoms with van der Waals surface area (Å²) in [5, 5.41) is 4.30. The lowest BCUT2D eigenvalue weighted by Gasteiger charge is -2.29. The van der Waals surface area contributed by atoms with Crippen LogP contribution in [0.1, 0.15) is 31.7 Å². The maximum Gasteiger partial charge on any atom is 0.0426 e. The van der Waals surface area contributed by atoms with Crippen molar-refractivity contribution in [2.24, 2.45) is 0 Å². The molecule has 0 amide bonds. The number of nitrogens with zero attached hydrogens (tertiary/aromatic N) is 2. The molecule has 0 spiro atoms. The molecule has 0 saturated carbocycles. The standard InChI is InChI=1S/C17H28ClN3/c1-4-9-19-12-14-7-8-15(18)11-17(14)21(3)13-16-6-5-10-20(16)2/h7-8,11,16,19H,4-6,9-10,12-13H2,1-3H3. The quantitative estimate of drug-likeness (QED) is 0.779. The molecule has 1 heterocycles. The van der Waals surface area contributed by atoms with Crippen LogP contribution in [0.3, 0.4) is 0 Å². The Hall–Kier alpha value is -0.770. The predicted octanol–water partition coefficient (Wildman–Crippen LogP) is 3.37. The Morgan fingerprint density at radius 2 is 2.24 bits per heavy atom. The molecule has 1 N–H and O–H groups in total. The molecular formula is C17H28ClN3. The number of halogens is 1. The van der Waals surface area contributed by atoms with E-state index in [1.807, 2.05) is 6.07 Å². The van der Waals surface area contributed by atoms with Gasteiger partial charge in [-0.1, -0.05) is 24.6 Å². The first-order valence-electron chi connectivity index (χ1n) is 8.02. The fraction of sp³-hybridized carbons (Fsp3) is 0.647. The molecule has 0 radical (unpaired) electrons. The van der Waals surface area contributed by atoms with E-state index in [9.17, 15) is 0 Å². The number of likely N-dealkylation sites (tertiary alicyclic amines) is 1. The molecule has 1 aliphatic heterocycles. The number of benzene rings is 1. The highest BCUT2D eigenvalue weighted by molar-refractivity contribution is 6.30. The monoisotopic (exact) mass is 309 g/mol. The van der Waals surface area contributed by atoms with E-state index in [1.165, 1.54) is 30.6 Å². The Labute approximate surface area is 134 Å². The van der Waals surface area contributed by atoms with E-state index in [0.29, 0.717) is 6.04 Å². The van der Waals surface area contributed by atoms with Crippen molar-refractivity contribution in [3.63, 3.8) is 0 Å². The summed E-state index contributed by atoms with van der Waals surface area (Å²) >= 11 is 6.21. The summed E-state index contributed by atoms with van der Waals surface area (Å²) in [5.74, 6) is 0. The Morgan fingerprint density at radius 3 is 2.90 bits per heavy atom. The van der Waals surface area contributed by atoms with Crippen molar-refractivity contribution in [1.82, 2.24) is 10.2 Å². The zero-order valence-corrected chi connectivity index (χ0v) is 14.3. The molecule has 3 nitrogen and oxygen atoms in total. The summed E-state index contributed by atoms with van der Waals surface area (Å²) < 4.78 is 0. The highest BCUT2D eigenvalue weighted by atomic mass is 35.5. The fourth-order valence-corrected chi connectivity index (χ4v) is 3.23. The van der Waals surface area contributed by atoms with E-state index in [1.54, 1.807) is 0 Å². The molecule has 1 saturated heterocycles. The summed E-state index contributed by atoms with van der Waals surface area (Å²) in [6, 6.07) is 6.89. The van der Waals surface area contributed by atoms with Gasteiger partial charge in [0.05, 0.1) is 0 Å². The van der Waals surface area contributed by atoms with Crippen LogP contribution in [0.15, 0.2) is 18.2 Å². The lowest BCUT2D eigenvalue weighted by molar-refractivity contribution is 0.314. The van der Waals surface area contributed by atoms with Gasteiger partial charge >= 0.3 is 0 Å².